The summed E-state index contributed by atoms with van der Waals surface area (Å²) in [5.74, 6) is -0.446. The van der Waals surface area contributed by atoms with Crippen LogP contribution in [0.15, 0.2) is 24.3 Å². The van der Waals surface area contributed by atoms with E-state index in [4.69, 9.17) is 9.47 Å². The van der Waals surface area contributed by atoms with Crippen molar-refractivity contribution < 1.29 is 19.2 Å². The predicted molar refractivity (Wildman–Crippen MR) is 69.4 cm³/mol. The van der Waals surface area contributed by atoms with Crippen LogP contribution in [0.3, 0.4) is 0 Å². The molecule has 0 saturated carbocycles. The van der Waals surface area contributed by atoms with Crippen LogP contribution in [0.1, 0.15) is 36.0 Å². The molecule has 106 valence electrons. The first-order valence-electron chi connectivity index (χ1n) is 6.74. The lowest BCUT2D eigenvalue weighted by Gasteiger charge is -2.28. The van der Waals surface area contributed by atoms with E-state index < -0.39 is 10.9 Å². The van der Waals surface area contributed by atoms with E-state index in [1.54, 1.807) is 0 Å². The first-order valence-corrected chi connectivity index (χ1v) is 6.74. The number of carbonyl (C=O) groups excluding carboxylic acids is 1. The van der Waals surface area contributed by atoms with E-state index in [-0.39, 0.29) is 17.9 Å². The summed E-state index contributed by atoms with van der Waals surface area (Å²) >= 11 is 0. The van der Waals surface area contributed by atoms with Crippen LogP contribution in [0.4, 0.5) is 5.69 Å². The average Bonchev–Trinajstić information content (AvgIpc) is 2.85. The van der Waals surface area contributed by atoms with Crippen LogP contribution in [0.2, 0.25) is 0 Å². The molecular formula is C14H15NO5. The van der Waals surface area contributed by atoms with Gasteiger partial charge in [0.2, 0.25) is 0 Å². The van der Waals surface area contributed by atoms with Crippen molar-refractivity contribution >= 4 is 11.7 Å². The normalized spacial score (nSPS) is 28.1. The number of non-ortho nitro benzene ring substituents is 1. The molecular weight excluding hydrogens is 262 g/mol. The Hall–Kier alpha value is -1.95. The van der Waals surface area contributed by atoms with Gasteiger partial charge in [-0.15, -0.1) is 0 Å². The largest absolute Gasteiger partial charge is 0.456 e. The second kappa shape index (κ2) is 5.20. The number of rotatable bonds is 3. The van der Waals surface area contributed by atoms with Gasteiger partial charge in [-0.3, -0.25) is 10.1 Å². The molecule has 0 N–H and O–H groups in total. The number of benzene rings is 1. The van der Waals surface area contributed by atoms with Crippen molar-refractivity contribution in [2.75, 3.05) is 0 Å². The van der Waals surface area contributed by atoms with Crippen LogP contribution in [0.5, 0.6) is 0 Å². The molecule has 0 amide bonds. The van der Waals surface area contributed by atoms with Gasteiger partial charge in [0, 0.05) is 12.1 Å². The third-order valence-electron chi connectivity index (χ3n) is 3.90. The fourth-order valence-electron chi connectivity index (χ4n) is 2.81. The topological polar surface area (TPSA) is 78.7 Å². The molecule has 1 aromatic rings. The highest BCUT2D eigenvalue weighted by atomic mass is 16.6. The second-order valence-electron chi connectivity index (χ2n) is 5.20. The van der Waals surface area contributed by atoms with E-state index >= 15 is 0 Å². The van der Waals surface area contributed by atoms with Gasteiger partial charge >= 0.3 is 5.97 Å². The molecule has 3 atom stereocenters. The highest BCUT2D eigenvalue weighted by Crippen LogP contribution is 2.34. The summed E-state index contributed by atoms with van der Waals surface area (Å²) in [4.78, 5) is 22.1. The number of nitro benzene ring substituents is 1. The number of hydrogen-bond donors (Lipinski definition) is 0. The summed E-state index contributed by atoms with van der Waals surface area (Å²) in [6, 6.07) is 5.45. The van der Waals surface area contributed by atoms with Crippen molar-refractivity contribution in [2.24, 2.45) is 0 Å². The van der Waals surface area contributed by atoms with E-state index in [1.165, 1.54) is 24.3 Å². The molecule has 2 aliphatic rings. The van der Waals surface area contributed by atoms with Crippen molar-refractivity contribution in [2.45, 2.75) is 44.0 Å². The monoisotopic (exact) mass is 277 g/mol. The van der Waals surface area contributed by atoms with Gasteiger partial charge in [-0.05, 0) is 37.8 Å². The maximum absolute atomic E-state index is 12.0. The Kier molecular flexibility index (Phi) is 3.40. The number of carbonyl (C=O) groups is 1. The highest BCUT2D eigenvalue weighted by molar-refractivity contribution is 5.89. The third-order valence-corrected chi connectivity index (χ3v) is 3.90. The lowest BCUT2D eigenvalue weighted by Crippen LogP contribution is -2.35. The Morgan fingerprint density at radius 1 is 1.20 bits per heavy atom. The number of nitro groups is 1. The Labute approximate surface area is 115 Å². The number of ether oxygens (including phenoxy) is 2. The summed E-state index contributed by atoms with van der Waals surface area (Å²) in [5, 5.41) is 10.6. The molecule has 2 heterocycles. The third kappa shape index (κ3) is 2.51. The Morgan fingerprint density at radius 3 is 2.60 bits per heavy atom. The molecule has 0 radical (unpaired) electrons. The van der Waals surface area contributed by atoms with Gasteiger partial charge in [0.05, 0.1) is 22.7 Å². The Bertz CT molecular complexity index is 527. The number of hydrogen-bond acceptors (Lipinski definition) is 5. The summed E-state index contributed by atoms with van der Waals surface area (Å²) in [6.45, 7) is 0. The fourth-order valence-corrected chi connectivity index (χ4v) is 2.81. The smallest absolute Gasteiger partial charge is 0.338 e. The molecule has 2 bridgehead atoms. The second-order valence-corrected chi connectivity index (χ2v) is 5.20. The standard InChI is InChI=1S/C14H15NO5/c16-14(9-1-3-10(4-2-9)15(17)18)20-13-8-6-11-5-7-12(13)19-11/h1-4,11-13H,5-8H2/t11-,12-,13-/m1/s1. The first kappa shape index (κ1) is 13.1. The van der Waals surface area contributed by atoms with Crippen LogP contribution >= 0.6 is 0 Å². The van der Waals surface area contributed by atoms with Crippen molar-refractivity contribution in [3.63, 3.8) is 0 Å². The zero-order valence-electron chi connectivity index (χ0n) is 10.9. The minimum atomic E-state index is -0.497. The van der Waals surface area contributed by atoms with Crippen LogP contribution in [0, 0.1) is 10.1 Å². The van der Waals surface area contributed by atoms with Gasteiger partial charge in [0.25, 0.3) is 5.69 Å². The molecule has 1 aromatic carbocycles. The molecule has 2 saturated heterocycles. The van der Waals surface area contributed by atoms with Gasteiger partial charge < -0.3 is 9.47 Å². The number of nitrogens with zero attached hydrogens (tertiary/aromatic N) is 1. The zero-order chi connectivity index (χ0) is 14.1. The average molecular weight is 277 g/mol. The summed E-state index contributed by atoms with van der Waals surface area (Å²) in [6.07, 6.45) is 3.86. The summed E-state index contributed by atoms with van der Waals surface area (Å²) in [5.41, 5.74) is 0.289. The van der Waals surface area contributed by atoms with Crippen molar-refractivity contribution in [1.29, 1.82) is 0 Å². The minimum Gasteiger partial charge on any atom is -0.456 e. The molecule has 20 heavy (non-hydrogen) atoms. The maximum Gasteiger partial charge on any atom is 0.338 e. The van der Waals surface area contributed by atoms with Crippen molar-refractivity contribution in [3.05, 3.63) is 39.9 Å². The van der Waals surface area contributed by atoms with Crippen LogP contribution in [0.25, 0.3) is 0 Å². The lowest BCUT2D eigenvalue weighted by atomic mass is 10.1. The van der Waals surface area contributed by atoms with Crippen LogP contribution in [-0.2, 0) is 9.47 Å². The fraction of sp³-hybridized carbons (Fsp3) is 0.500. The quantitative estimate of drug-likeness (QED) is 0.481. The van der Waals surface area contributed by atoms with E-state index in [0.717, 1.165) is 25.7 Å². The first-order chi connectivity index (χ1) is 9.63. The summed E-state index contributed by atoms with van der Waals surface area (Å²) < 4.78 is 11.2. The van der Waals surface area contributed by atoms with Crippen LogP contribution < -0.4 is 0 Å². The minimum absolute atomic E-state index is 0.00995. The lowest BCUT2D eigenvalue weighted by molar-refractivity contribution is -0.384. The van der Waals surface area contributed by atoms with Crippen molar-refractivity contribution in [1.82, 2.24) is 0 Å². The molecule has 2 aliphatic heterocycles. The van der Waals surface area contributed by atoms with Gasteiger partial charge in [0.1, 0.15) is 6.10 Å². The van der Waals surface area contributed by atoms with Gasteiger partial charge in [-0.1, -0.05) is 0 Å². The highest BCUT2D eigenvalue weighted by Gasteiger charge is 2.38. The molecule has 6 heteroatoms. The number of fused-ring (bicyclic) bond motifs is 2. The van der Waals surface area contributed by atoms with Crippen LogP contribution in [-0.4, -0.2) is 29.2 Å². The molecule has 6 nitrogen and oxygen atoms in total. The molecule has 0 unspecified atom stereocenters. The SMILES string of the molecule is O=C(O[C@@H]1CC[C@H]2CC[C@H]1O2)c1ccc([N+](=O)[O-])cc1. The predicted octanol–water partition coefficient (Wildman–Crippen LogP) is 2.46. The van der Waals surface area contributed by atoms with E-state index in [1.807, 2.05) is 0 Å². The van der Waals surface area contributed by atoms with Crippen molar-refractivity contribution in [3.8, 4) is 0 Å². The van der Waals surface area contributed by atoms with E-state index in [0.29, 0.717) is 11.7 Å². The molecule has 0 aromatic heterocycles. The summed E-state index contributed by atoms with van der Waals surface area (Å²) in [7, 11) is 0. The van der Waals surface area contributed by atoms with E-state index in [2.05, 4.69) is 0 Å². The van der Waals surface area contributed by atoms with Gasteiger partial charge in [-0.25, -0.2) is 4.79 Å². The molecule has 0 aliphatic carbocycles. The van der Waals surface area contributed by atoms with E-state index in [9.17, 15) is 14.9 Å². The zero-order valence-corrected chi connectivity index (χ0v) is 10.9. The number of esters is 1. The molecule has 2 fully saturated rings. The molecule has 0 spiro atoms. The van der Waals surface area contributed by atoms with Gasteiger partial charge in [0.15, 0.2) is 0 Å². The maximum atomic E-state index is 12.0. The van der Waals surface area contributed by atoms with Gasteiger partial charge in [-0.2, -0.15) is 0 Å². The molecule has 3 rings (SSSR count). The Morgan fingerprint density at radius 2 is 1.90 bits per heavy atom. The Balaban J connectivity index is 1.65.